The van der Waals surface area contributed by atoms with E-state index in [9.17, 15) is 9.90 Å². The highest BCUT2D eigenvalue weighted by molar-refractivity contribution is 5.85. The topological polar surface area (TPSA) is 40.5 Å². The van der Waals surface area contributed by atoms with Gasteiger partial charge in [0.1, 0.15) is 0 Å². The van der Waals surface area contributed by atoms with Crippen LogP contribution in [0, 0.1) is 5.92 Å². The minimum Gasteiger partial charge on any atom is -0.481 e. The summed E-state index contributed by atoms with van der Waals surface area (Å²) in [6, 6.07) is 0. The molecule has 0 aromatic rings. The molecule has 1 atom stereocenters. The molecule has 0 bridgehead atoms. The summed E-state index contributed by atoms with van der Waals surface area (Å²) in [5.74, 6) is -0.456. The molecule has 0 aromatic heterocycles. The summed E-state index contributed by atoms with van der Waals surface area (Å²) in [7, 11) is 0. The molecule has 31 heavy (non-hydrogen) atoms. The van der Waals surface area contributed by atoms with Crippen LogP contribution in [0.5, 0.6) is 0 Å². The van der Waals surface area contributed by atoms with Gasteiger partial charge >= 0.3 is 5.97 Å². The molecule has 1 unspecified atom stereocenters. The maximum atomic E-state index is 11.2. The van der Waals surface area contributed by atoms with E-state index in [1.807, 2.05) is 12.2 Å². The van der Waals surface area contributed by atoms with E-state index in [-0.39, 0.29) is 24.7 Å². The third-order valence-corrected chi connectivity index (χ3v) is 5.97. The van der Waals surface area contributed by atoms with Gasteiger partial charge in [-0.2, -0.15) is 0 Å². The number of aliphatic carboxylic acids is 1. The molecular formula is C27H52ClNO2. The highest BCUT2D eigenvalue weighted by Gasteiger charge is 2.16. The van der Waals surface area contributed by atoms with Crippen LogP contribution >= 0.6 is 12.4 Å². The fraction of sp³-hybridized carbons (Fsp3) is 0.815. The Balaban J connectivity index is 0. The predicted molar refractivity (Wildman–Crippen MR) is 139 cm³/mol. The van der Waals surface area contributed by atoms with Crippen LogP contribution in [0.4, 0.5) is 0 Å². The van der Waals surface area contributed by atoms with Crippen molar-refractivity contribution in [1.82, 2.24) is 4.90 Å². The molecule has 0 saturated heterocycles. The maximum Gasteiger partial charge on any atom is 0.303 e. The second kappa shape index (κ2) is 25.5. The van der Waals surface area contributed by atoms with Crippen molar-refractivity contribution in [2.24, 2.45) is 5.92 Å². The molecule has 0 radical (unpaired) electrons. The van der Waals surface area contributed by atoms with Crippen LogP contribution in [0.15, 0.2) is 25.3 Å². The Morgan fingerprint density at radius 2 is 1.16 bits per heavy atom. The zero-order valence-electron chi connectivity index (χ0n) is 20.5. The predicted octanol–water partition coefficient (Wildman–Crippen LogP) is 8.43. The van der Waals surface area contributed by atoms with E-state index in [1.54, 1.807) is 0 Å². The van der Waals surface area contributed by atoms with Gasteiger partial charge in [-0.1, -0.05) is 115 Å². The van der Waals surface area contributed by atoms with Gasteiger partial charge in [0, 0.05) is 26.1 Å². The van der Waals surface area contributed by atoms with Crippen molar-refractivity contribution in [2.45, 2.75) is 116 Å². The van der Waals surface area contributed by atoms with Gasteiger partial charge in [0.25, 0.3) is 0 Å². The van der Waals surface area contributed by atoms with Crippen LogP contribution in [0.25, 0.3) is 0 Å². The minimum atomic E-state index is -0.682. The smallest absolute Gasteiger partial charge is 0.303 e. The lowest BCUT2D eigenvalue weighted by Crippen LogP contribution is -2.31. The first-order valence-corrected chi connectivity index (χ1v) is 12.8. The van der Waals surface area contributed by atoms with E-state index in [1.165, 1.54) is 89.9 Å². The number of halogens is 1. The van der Waals surface area contributed by atoms with Crippen molar-refractivity contribution in [1.29, 1.82) is 0 Å². The van der Waals surface area contributed by atoms with Gasteiger partial charge in [-0.05, 0) is 12.3 Å². The van der Waals surface area contributed by atoms with Crippen LogP contribution in [0.3, 0.4) is 0 Å². The number of carboxylic acid groups (broad SMARTS) is 1. The molecule has 0 rings (SSSR count). The Labute approximate surface area is 200 Å². The monoisotopic (exact) mass is 457 g/mol. The van der Waals surface area contributed by atoms with Gasteiger partial charge in [0.15, 0.2) is 0 Å². The largest absolute Gasteiger partial charge is 0.481 e. The first kappa shape index (κ1) is 32.4. The van der Waals surface area contributed by atoms with Crippen LogP contribution < -0.4 is 0 Å². The molecule has 4 heteroatoms. The summed E-state index contributed by atoms with van der Waals surface area (Å²) in [4.78, 5) is 13.4. The van der Waals surface area contributed by atoms with Crippen molar-refractivity contribution in [2.75, 3.05) is 19.6 Å². The van der Waals surface area contributed by atoms with Crippen LogP contribution in [-0.2, 0) is 4.79 Å². The Hall–Kier alpha value is -0.800. The highest BCUT2D eigenvalue weighted by Crippen LogP contribution is 2.18. The first-order valence-electron chi connectivity index (χ1n) is 12.8. The maximum absolute atomic E-state index is 11.2. The van der Waals surface area contributed by atoms with Gasteiger partial charge in [-0.3, -0.25) is 9.69 Å². The number of carboxylic acids is 1. The van der Waals surface area contributed by atoms with Gasteiger partial charge in [0.2, 0.25) is 0 Å². The van der Waals surface area contributed by atoms with Crippen molar-refractivity contribution in [3.8, 4) is 0 Å². The van der Waals surface area contributed by atoms with E-state index < -0.39 is 5.97 Å². The van der Waals surface area contributed by atoms with Gasteiger partial charge in [-0.15, -0.1) is 25.6 Å². The van der Waals surface area contributed by atoms with Gasteiger partial charge in [-0.25, -0.2) is 0 Å². The average molecular weight is 458 g/mol. The number of carbonyl (C=O) groups is 1. The summed E-state index contributed by atoms with van der Waals surface area (Å²) >= 11 is 0. The number of rotatable bonds is 24. The summed E-state index contributed by atoms with van der Waals surface area (Å²) in [6.45, 7) is 12.3. The quantitative estimate of drug-likeness (QED) is 0.117. The Kier molecular flexibility index (Phi) is 26.6. The lowest BCUT2D eigenvalue weighted by atomic mass is 9.96. The number of nitrogens with zero attached hydrogens (tertiary/aromatic N) is 1. The molecule has 184 valence electrons. The Morgan fingerprint density at radius 3 is 1.52 bits per heavy atom. The van der Waals surface area contributed by atoms with Crippen LogP contribution in [-0.4, -0.2) is 35.6 Å². The molecule has 0 fully saturated rings. The van der Waals surface area contributed by atoms with E-state index in [0.717, 1.165) is 32.5 Å². The SMILES string of the molecule is C=CCN(CC=C)CC(CCCCCCCCCCCCCCCCC)CC(=O)O.Cl. The molecule has 0 saturated carbocycles. The Bertz CT molecular complexity index is 404. The van der Waals surface area contributed by atoms with Crippen molar-refractivity contribution < 1.29 is 9.90 Å². The van der Waals surface area contributed by atoms with Crippen molar-refractivity contribution in [3.05, 3.63) is 25.3 Å². The van der Waals surface area contributed by atoms with Crippen molar-refractivity contribution in [3.63, 3.8) is 0 Å². The molecule has 3 nitrogen and oxygen atoms in total. The third-order valence-electron chi connectivity index (χ3n) is 5.97. The van der Waals surface area contributed by atoms with Crippen LogP contribution in [0.1, 0.15) is 116 Å². The summed E-state index contributed by atoms with van der Waals surface area (Å²) in [5, 5.41) is 9.22. The van der Waals surface area contributed by atoms with Crippen molar-refractivity contribution >= 4 is 18.4 Å². The van der Waals surface area contributed by atoms with E-state index in [2.05, 4.69) is 25.0 Å². The standard InChI is InChI=1S/C27H51NO2.ClH/c1-4-7-8-9-10-11-12-13-14-15-16-17-18-19-20-21-26(24-27(29)30)25-28(22-5-2)23-6-3;/h5-6,26H,2-4,7-25H2,1H3,(H,29,30);1H. The molecule has 1 N–H and O–H groups in total. The second-order valence-corrected chi connectivity index (χ2v) is 9.00. The highest BCUT2D eigenvalue weighted by atomic mass is 35.5. The minimum absolute atomic E-state index is 0. The molecular weight excluding hydrogens is 406 g/mol. The molecule has 0 aliphatic carbocycles. The molecule has 0 spiro atoms. The van der Waals surface area contributed by atoms with E-state index in [4.69, 9.17) is 0 Å². The normalized spacial score (nSPS) is 11.8. The lowest BCUT2D eigenvalue weighted by Gasteiger charge is -2.24. The zero-order valence-corrected chi connectivity index (χ0v) is 21.3. The third kappa shape index (κ3) is 23.7. The Morgan fingerprint density at radius 1 is 0.774 bits per heavy atom. The van der Waals surface area contributed by atoms with E-state index >= 15 is 0 Å². The summed E-state index contributed by atoms with van der Waals surface area (Å²) in [5.41, 5.74) is 0. The van der Waals surface area contributed by atoms with E-state index in [0.29, 0.717) is 0 Å². The number of hydrogen-bond acceptors (Lipinski definition) is 2. The zero-order chi connectivity index (χ0) is 22.3. The number of unbranched alkanes of at least 4 members (excludes halogenated alkanes) is 14. The molecule has 0 aliphatic rings. The molecule has 0 aliphatic heterocycles. The van der Waals surface area contributed by atoms with Gasteiger partial charge in [0.05, 0.1) is 0 Å². The molecule has 0 heterocycles. The number of hydrogen-bond donors (Lipinski definition) is 1. The lowest BCUT2D eigenvalue weighted by molar-refractivity contribution is -0.138. The summed E-state index contributed by atoms with van der Waals surface area (Å²) < 4.78 is 0. The molecule has 0 amide bonds. The summed E-state index contributed by atoms with van der Waals surface area (Å²) in [6.07, 6.45) is 25.5. The second-order valence-electron chi connectivity index (χ2n) is 9.00. The fourth-order valence-electron chi connectivity index (χ4n) is 4.26. The fourth-order valence-corrected chi connectivity index (χ4v) is 4.26. The van der Waals surface area contributed by atoms with Gasteiger partial charge < -0.3 is 5.11 Å². The first-order chi connectivity index (χ1) is 14.6. The van der Waals surface area contributed by atoms with Crippen LogP contribution in [0.2, 0.25) is 0 Å². The molecule has 0 aromatic carbocycles. The average Bonchev–Trinajstić information content (AvgIpc) is 2.70.